The predicted molar refractivity (Wildman–Crippen MR) is 311 cm³/mol. The summed E-state index contributed by atoms with van der Waals surface area (Å²) in [5.74, 6) is -0.206. The number of unbranched alkanes of at least 4 members (excludes halogenated alkanes) is 26. The van der Waals surface area contributed by atoms with E-state index in [0.29, 0.717) is 17.4 Å². The van der Waals surface area contributed by atoms with E-state index in [4.69, 9.17) is 9.05 Å². The molecular weight excluding hydrogens is 912 g/mol. The first kappa shape index (κ1) is 69.4. The molecule has 0 fully saturated rings. The number of aliphatic hydroxyl groups excluding tert-OH is 1. The molecule has 9 heteroatoms. The number of quaternary nitrogens is 1. The molecule has 1 amide bonds. The van der Waals surface area contributed by atoms with Crippen molar-refractivity contribution in [2.45, 2.75) is 257 Å². The zero-order valence-electron chi connectivity index (χ0n) is 47.4. The molecule has 0 rings (SSSR count). The van der Waals surface area contributed by atoms with Crippen molar-refractivity contribution in [2.75, 3.05) is 40.9 Å². The van der Waals surface area contributed by atoms with E-state index < -0.39 is 20.0 Å². The Balaban J connectivity index is 4.22. The number of carbonyl (C=O) groups excluding carboxylic acids is 1. The van der Waals surface area contributed by atoms with Gasteiger partial charge in [-0.1, -0.05) is 259 Å². The Bertz CT molecular complexity index is 1490. The summed E-state index contributed by atoms with van der Waals surface area (Å²) in [6.07, 6.45) is 76.2. The summed E-state index contributed by atoms with van der Waals surface area (Å²) in [4.78, 5) is 25.5. The number of amides is 1. The number of rotatable bonds is 53. The minimum Gasteiger partial charge on any atom is -0.756 e. The first-order valence-electron chi connectivity index (χ1n) is 29.6. The molecule has 0 aliphatic carbocycles. The van der Waals surface area contributed by atoms with E-state index in [2.05, 4.69) is 104 Å². The highest BCUT2D eigenvalue weighted by Gasteiger charge is 2.23. The summed E-state index contributed by atoms with van der Waals surface area (Å²) in [5, 5.41) is 13.9. The van der Waals surface area contributed by atoms with Crippen molar-refractivity contribution in [3.8, 4) is 0 Å². The van der Waals surface area contributed by atoms with Gasteiger partial charge in [0.15, 0.2) is 0 Å². The van der Waals surface area contributed by atoms with Crippen molar-refractivity contribution in [1.82, 2.24) is 5.32 Å². The molecule has 72 heavy (non-hydrogen) atoms. The summed E-state index contributed by atoms with van der Waals surface area (Å²) < 4.78 is 23.4. The van der Waals surface area contributed by atoms with E-state index in [-0.39, 0.29) is 19.1 Å². The number of phosphoric acid groups is 1. The minimum absolute atomic E-state index is 0.00639. The third-order valence-electron chi connectivity index (χ3n) is 12.8. The van der Waals surface area contributed by atoms with Crippen LogP contribution in [-0.2, 0) is 18.4 Å². The van der Waals surface area contributed by atoms with Crippen LogP contribution in [0.25, 0.3) is 0 Å². The smallest absolute Gasteiger partial charge is 0.268 e. The molecule has 0 aliphatic rings. The standard InChI is InChI=1S/C63H113N2O6P/c1-6-8-10-12-14-16-18-20-22-24-26-27-28-29-30-31-32-33-34-35-36-37-39-41-43-45-47-49-51-53-55-57-63(67)64-61(60-71-72(68,69)70-59-58-65(3,4)5)62(66)56-54-52-50-48-46-44-42-40-38-25-23-21-19-17-15-13-11-9-7-2/h8,10,14,16,20,22,26-27,29-30,32-33,35-36,54,56,61-62,66H,6-7,9,11-13,15,17-19,21,23-25,28,31,34,37-53,55,57-60H2,1-5H3,(H-,64,67,68,69)/b10-8-,16-14-,22-20-,27-26-,30-29-,33-32-,36-35-,56-54+. The Morgan fingerprint density at radius 2 is 0.847 bits per heavy atom. The number of carbonyl (C=O) groups is 1. The Kier molecular flexibility index (Phi) is 51.3. The number of aliphatic hydroxyl groups is 1. The van der Waals surface area contributed by atoms with Crippen molar-refractivity contribution in [3.63, 3.8) is 0 Å². The van der Waals surface area contributed by atoms with Crippen LogP contribution in [0.2, 0.25) is 0 Å². The Labute approximate surface area is 445 Å². The molecule has 0 aromatic carbocycles. The van der Waals surface area contributed by atoms with E-state index in [9.17, 15) is 19.4 Å². The zero-order chi connectivity index (χ0) is 52.7. The molecule has 0 heterocycles. The quantitative estimate of drug-likeness (QED) is 0.0272. The lowest BCUT2D eigenvalue weighted by atomic mass is 10.0. The molecule has 2 N–H and O–H groups in total. The third-order valence-corrected chi connectivity index (χ3v) is 13.8. The molecule has 0 bridgehead atoms. The molecule has 0 spiro atoms. The predicted octanol–water partition coefficient (Wildman–Crippen LogP) is 17.6. The summed E-state index contributed by atoms with van der Waals surface area (Å²) in [5.41, 5.74) is 0. The summed E-state index contributed by atoms with van der Waals surface area (Å²) in [6, 6.07) is -0.897. The van der Waals surface area contributed by atoms with Gasteiger partial charge < -0.3 is 28.8 Å². The maximum atomic E-state index is 13.0. The highest BCUT2D eigenvalue weighted by atomic mass is 31.2. The summed E-state index contributed by atoms with van der Waals surface area (Å²) >= 11 is 0. The van der Waals surface area contributed by atoms with Crippen LogP contribution in [0.15, 0.2) is 97.2 Å². The topological polar surface area (TPSA) is 108 Å². The number of nitrogens with one attached hydrogen (secondary N) is 1. The molecule has 416 valence electrons. The van der Waals surface area contributed by atoms with E-state index in [0.717, 1.165) is 89.9 Å². The molecule has 0 aliphatic heterocycles. The fourth-order valence-electron chi connectivity index (χ4n) is 8.19. The van der Waals surface area contributed by atoms with Crippen LogP contribution < -0.4 is 10.2 Å². The Hall–Kier alpha value is -2.58. The number of likely N-dealkylation sites (N-methyl/N-ethyl adjacent to an activating group) is 1. The number of phosphoric ester groups is 1. The van der Waals surface area contributed by atoms with Crippen molar-refractivity contribution in [1.29, 1.82) is 0 Å². The van der Waals surface area contributed by atoms with Crippen LogP contribution in [0.5, 0.6) is 0 Å². The molecule has 0 saturated carbocycles. The van der Waals surface area contributed by atoms with E-state index in [1.807, 2.05) is 27.2 Å². The first-order valence-corrected chi connectivity index (χ1v) is 31.1. The van der Waals surface area contributed by atoms with Gasteiger partial charge in [-0.2, -0.15) is 0 Å². The fraction of sp³-hybridized carbons (Fsp3) is 0.730. The summed E-state index contributed by atoms with van der Waals surface area (Å²) in [7, 11) is 1.25. The average molecular weight is 1030 g/mol. The minimum atomic E-state index is -4.61. The van der Waals surface area contributed by atoms with Crippen LogP contribution >= 0.6 is 7.82 Å². The van der Waals surface area contributed by atoms with Gasteiger partial charge >= 0.3 is 0 Å². The maximum absolute atomic E-state index is 13.0. The monoisotopic (exact) mass is 1020 g/mol. The van der Waals surface area contributed by atoms with Crippen LogP contribution in [-0.4, -0.2) is 68.5 Å². The molecule has 0 aromatic heterocycles. The normalized spacial score (nSPS) is 14.6. The van der Waals surface area contributed by atoms with Crippen molar-refractivity contribution in [3.05, 3.63) is 97.2 Å². The second kappa shape index (κ2) is 53.3. The molecule has 3 unspecified atom stereocenters. The lowest BCUT2D eigenvalue weighted by Gasteiger charge is -2.29. The van der Waals surface area contributed by atoms with Crippen molar-refractivity contribution in [2.24, 2.45) is 0 Å². The van der Waals surface area contributed by atoms with Crippen molar-refractivity contribution >= 4 is 13.7 Å². The average Bonchev–Trinajstić information content (AvgIpc) is 3.34. The van der Waals surface area contributed by atoms with Crippen LogP contribution in [0.1, 0.15) is 245 Å². The van der Waals surface area contributed by atoms with Crippen molar-refractivity contribution < 1.29 is 32.9 Å². The first-order chi connectivity index (χ1) is 35.0. The van der Waals surface area contributed by atoms with Gasteiger partial charge in [0, 0.05) is 6.42 Å². The molecule has 3 atom stereocenters. The Morgan fingerprint density at radius 3 is 1.24 bits per heavy atom. The van der Waals surface area contributed by atoms with Crippen LogP contribution in [0.4, 0.5) is 0 Å². The summed E-state index contributed by atoms with van der Waals surface area (Å²) in [6.45, 7) is 4.54. The lowest BCUT2D eigenvalue weighted by molar-refractivity contribution is -0.870. The number of nitrogens with zero attached hydrogens (tertiary/aromatic N) is 1. The lowest BCUT2D eigenvalue weighted by Crippen LogP contribution is -2.45. The number of hydrogen-bond donors (Lipinski definition) is 2. The molecular formula is C63H113N2O6P. The maximum Gasteiger partial charge on any atom is 0.268 e. The van der Waals surface area contributed by atoms with Gasteiger partial charge in [-0.15, -0.1) is 0 Å². The van der Waals surface area contributed by atoms with Gasteiger partial charge in [0.2, 0.25) is 5.91 Å². The fourth-order valence-corrected chi connectivity index (χ4v) is 8.92. The molecule has 0 aromatic rings. The van der Waals surface area contributed by atoms with Gasteiger partial charge in [0.1, 0.15) is 13.2 Å². The van der Waals surface area contributed by atoms with Gasteiger partial charge in [-0.25, -0.2) is 0 Å². The van der Waals surface area contributed by atoms with Crippen LogP contribution in [0, 0.1) is 0 Å². The highest BCUT2D eigenvalue weighted by molar-refractivity contribution is 7.45. The highest BCUT2D eigenvalue weighted by Crippen LogP contribution is 2.38. The third kappa shape index (κ3) is 55.2. The van der Waals surface area contributed by atoms with Gasteiger partial charge in [-0.05, 0) is 77.0 Å². The number of hydrogen-bond acceptors (Lipinski definition) is 6. The van der Waals surface area contributed by atoms with Crippen LogP contribution in [0.3, 0.4) is 0 Å². The second-order valence-electron chi connectivity index (χ2n) is 21.0. The molecule has 0 radical (unpaired) electrons. The van der Waals surface area contributed by atoms with E-state index >= 15 is 0 Å². The zero-order valence-corrected chi connectivity index (χ0v) is 48.2. The largest absolute Gasteiger partial charge is 0.756 e. The molecule has 0 saturated heterocycles. The molecule has 8 nitrogen and oxygen atoms in total. The Morgan fingerprint density at radius 1 is 0.500 bits per heavy atom. The van der Waals surface area contributed by atoms with Gasteiger partial charge in [-0.3, -0.25) is 9.36 Å². The van der Waals surface area contributed by atoms with Gasteiger partial charge in [0.05, 0.1) is 39.9 Å². The second-order valence-corrected chi connectivity index (χ2v) is 22.4. The van der Waals surface area contributed by atoms with E-state index in [1.165, 1.54) is 135 Å². The van der Waals surface area contributed by atoms with E-state index in [1.54, 1.807) is 6.08 Å². The SMILES string of the molecule is CC/C=C\C/C=C\C/C=C\C/C=C\C/C=C\C/C=C\C/C=C\CCCCCCCCCCCC(=O)NC(COP(=O)([O-])OCC[N+](C)(C)C)C(O)/C=C/CCCCCCCCCCCCCCCCCCC. The van der Waals surface area contributed by atoms with Gasteiger partial charge in [0.25, 0.3) is 7.82 Å². The number of allylic oxidation sites excluding steroid dienone is 15.